The van der Waals surface area contributed by atoms with Gasteiger partial charge < -0.3 is 5.32 Å². The normalized spacial score (nSPS) is 11.1. The maximum Gasteiger partial charge on any atom is 0.242 e. The van der Waals surface area contributed by atoms with Gasteiger partial charge in [0, 0.05) is 4.88 Å². The summed E-state index contributed by atoms with van der Waals surface area (Å²) >= 11 is 3.29. The molecule has 0 atom stereocenters. The quantitative estimate of drug-likeness (QED) is 0.586. The number of aromatic nitrogens is 4. The summed E-state index contributed by atoms with van der Waals surface area (Å²) < 4.78 is 1.61. The molecule has 1 aromatic carbocycles. The van der Waals surface area contributed by atoms with Crippen LogP contribution < -0.4 is 5.32 Å². The smallest absolute Gasteiger partial charge is 0.242 e. The van der Waals surface area contributed by atoms with Gasteiger partial charge >= 0.3 is 0 Å². The predicted octanol–water partition coefficient (Wildman–Crippen LogP) is 3.24. The molecule has 1 amide bonds. The molecule has 1 N–H and O–H groups in total. The molecular weight excluding hydrogens is 354 g/mol. The molecule has 6 nitrogen and oxygen atoms in total. The fourth-order valence-electron chi connectivity index (χ4n) is 2.50. The second kappa shape index (κ2) is 6.73. The van der Waals surface area contributed by atoms with Crippen LogP contribution in [0.15, 0.2) is 41.8 Å². The molecule has 0 radical (unpaired) electrons. The topological polar surface area (TPSA) is 72.7 Å². The molecular formula is C17H15N5OS2. The summed E-state index contributed by atoms with van der Waals surface area (Å²) in [5.74, 6) is -0.0962. The summed E-state index contributed by atoms with van der Waals surface area (Å²) in [4.78, 5) is 19.1. The Labute approximate surface area is 152 Å². The number of hydrogen-bond acceptors (Lipinski definition) is 6. The number of benzene rings is 1. The highest BCUT2D eigenvalue weighted by molar-refractivity contribution is 7.21. The van der Waals surface area contributed by atoms with Crippen LogP contribution in [-0.2, 0) is 17.9 Å². The largest absolute Gasteiger partial charge is 0.350 e. The maximum atomic E-state index is 12.3. The van der Waals surface area contributed by atoms with Crippen LogP contribution in [-0.4, -0.2) is 25.9 Å². The number of fused-ring (bicyclic) bond motifs is 1. The van der Waals surface area contributed by atoms with Crippen LogP contribution in [0.2, 0.25) is 0 Å². The molecule has 126 valence electrons. The van der Waals surface area contributed by atoms with Gasteiger partial charge in [-0.3, -0.25) is 4.79 Å². The molecule has 0 bridgehead atoms. The molecule has 0 aliphatic carbocycles. The molecule has 3 aromatic heterocycles. The lowest BCUT2D eigenvalue weighted by molar-refractivity contribution is -0.121. The van der Waals surface area contributed by atoms with Crippen molar-refractivity contribution in [1.82, 2.24) is 25.3 Å². The van der Waals surface area contributed by atoms with Crippen molar-refractivity contribution in [1.29, 1.82) is 0 Å². The molecule has 0 spiro atoms. The fraction of sp³-hybridized carbons (Fsp3) is 0.176. The molecule has 0 fully saturated rings. The number of rotatable bonds is 5. The number of hydrogen-bond donors (Lipinski definition) is 1. The number of amides is 1. The summed E-state index contributed by atoms with van der Waals surface area (Å²) in [6.45, 7) is 2.59. The van der Waals surface area contributed by atoms with Crippen LogP contribution >= 0.6 is 22.7 Å². The van der Waals surface area contributed by atoms with Crippen molar-refractivity contribution >= 4 is 39.6 Å². The highest BCUT2D eigenvalue weighted by Crippen LogP contribution is 2.30. The van der Waals surface area contributed by atoms with Crippen molar-refractivity contribution in [2.75, 3.05) is 0 Å². The van der Waals surface area contributed by atoms with Gasteiger partial charge in [0.05, 0.1) is 22.6 Å². The second-order valence-electron chi connectivity index (χ2n) is 5.52. The van der Waals surface area contributed by atoms with Crippen molar-refractivity contribution in [3.63, 3.8) is 0 Å². The minimum atomic E-state index is -0.0962. The molecule has 0 unspecified atom stereocenters. The van der Waals surface area contributed by atoms with Gasteiger partial charge in [-0.2, -0.15) is 0 Å². The van der Waals surface area contributed by atoms with Crippen molar-refractivity contribution in [3.05, 3.63) is 52.3 Å². The number of para-hydroxylation sites is 1. The van der Waals surface area contributed by atoms with Crippen molar-refractivity contribution in [2.45, 2.75) is 20.0 Å². The third kappa shape index (κ3) is 3.31. The molecule has 0 aliphatic rings. The SMILES string of the molecule is Cc1nc(-c2cccs2)sc1CNC(=O)Cn1nnc2ccccc21. The molecule has 4 rings (SSSR count). The zero-order valence-corrected chi connectivity index (χ0v) is 15.1. The van der Waals surface area contributed by atoms with Gasteiger partial charge in [0.15, 0.2) is 0 Å². The van der Waals surface area contributed by atoms with Crippen LogP contribution in [0.4, 0.5) is 0 Å². The summed E-state index contributed by atoms with van der Waals surface area (Å²) in [5.41, 5.74) is 2.60. The maximum absolute atomic E-state index is 12.3. The van der Waals surface area contributed by atoms with E-state index in [2.05, 4.69) is 26.7 Å². The first-order chi connectivity index (χ1) is 12.2. The van der Waals surface area contributed by atoms with Gasteiger partial charge in [0.1, 0.15) is 17.1 Å². The van der Waals surface area contributed by atoms with E-state index in [0.717, 1.165) is 31.5 Å². The summed E-state index contributed by atoms with van der Waals surface area (Å²) in [5, 5.41) is 14.1. The minimum absolute atomic E-state index is 0.0962. The molecule has 0 aliphatic heterocycles. The number of nitrogens with zero attached hydrogens (tertiary/aromatic N) is 4. The highest BCUT2D eigenvalue weighted by atomic mass is 32.1. The van der Waals surface area contributed by atoms with Crippen molar-refractivity contribution in [2.24, 2.45) is 0 Å². The Bertz CT molecular complexity index is 1020. The molecule has 4 aromatic rings. The van der Waals surface area contributed by atoms with Crippen LogP contribution in [0.25, 0.3) is 20.9 Å². The zero-order valence-electron chi connectivity index (χ0n) is 13.5. The van der Waals surface area contributed by atoms with E-state index in [1.165, 1.54) is 0 Å². The first kappa shape index (κ1) is 15.9. The first-order valence-electron chi connectivity index (χ1n) is 7.76. The van der Waals surface area contributed by atoms with Crippen molar-refractivity contribution in [3.8, 4) is 9.88 Å². The lowest BCUT2D eigenvalue weighted by Crippen LogP contribution is -2.27. The van der Waals surface area contributed by atoms with E-state index in [0.29, 0.717) is 6.54 Å². The Morgan fingerprint density at radius 1 is 1.24 bits per heavy atom. The van der Waals surface area contributed by atoms with E-state index in [1.807, 2.05) is 42.6 Å². The molecule has 25 heavy (non-hydrogen) atoms. The van der Waals surface area contributed by atoms with E-state index >= 15 is 0 Å². The Hall–Kier alpha value is -2.58. The van der Waals surface area contributed by atoms with Gasteiger partial charge in [-0.05, 0) is 30.5 Å². The van der Waals surface area contributed by atoms with Gasteiger partial charge in [-0.1, -0.05) is 23.4 Å². The summed E-state index contributed by atoms with van der Waals surface area (Å²) in [6.07, 6.45) is 0. The minimum Gasteiger partial charge on any atom is -0.350 e. The van der Waals surface area contributed by atoms with Crippen LogP contribution in [0.3, 0.4) is 0 Å². The van der Waals surface area contributed by atoms with Gasteiger partial charge in [-0.25, -0.2) is 9.67 Å². The Morgan fingerprint density at radius 3 is 2.96 bits per heavy atom. The van der Waals surface area contributed by atoms with Crippen LogP contribution in [0, 0.1) is 6.92 Å². The summed E-state index contributed by atoms with van der Waals surface area (Å²) in [7, 11) is 0. The van der Waals surface area contributed by atoms with E-state index in [1.54, 1.807) is 27.4 Å². The number of thiophene rings is 1. The van der Waals surface area contributed by atoms with E-state index in [4.69, 9.17) is 0 Å². The second-order valence-corrected chi connectivity index (χ2v) is 7.55. The molecule has 8 heteroatoms. The number of carbonyl (C=O) groups is 1. The van der Waals surface area contributed by atoms with Crippen molar-refractivity contribution < 1.29 is 4.79 Å². The average Bonchev–Trinajstić information content (AvgIpc) is 3.34. The van der Waals surface area contributed by atoms with E-state index in [-0.39, 0.29) is 12.5 Å². The molecule has 0 saturated carbocycles. The Balaban J connectivity index is 1.42. The average molecular weight is 369 g/mol. The van der Waals surface area contributed by atoms with E-state index < -0.39 is 0 Å². The monoisotopic (exact) mass is 369 g/mol. The highest BCUT2D eigenvalue weighted by Gasteiger charge is 2.12. The summed E-state index contributed by atoms with van der Waals surface area (Å²) in [6, 6.07) is 11.7. The molecule has 3 heterocycles. The number of thiazole rings is 1. The third-order valence-corrected chi connectivity index (χ3v) is 5.98. The molecule has 0 saturated heterocycles. The Kier molecular flexibility index (Phi) is 4.29. The zero-order chi connectivity index (χ0) is 17.2. The third-order valence-electron chi connectivity index (χ3n) is 3.78. The number of aryl methyl sites for hydroxylation is 1. The predicted molar refractivity (Wildman–Crippen MR) is 99.5 cm³/mol. The van der Waals surface area contributed by atoms with Gasteiger partial charge in [-0.15, -0.1) is 27.8 Å². The lowest BCUT2D eigenvalue weighted by Gasteiger charge is -2.04. The number of nitrogens with one attached hydrogen (secondary N) is 1. The number of carbonyl (C=O) groups excluding carboxylic acids is 1. The van der Waals surface area contributed by atoms with Gasteiger partial charge in [0.2, 0.25) is 5.91 Å². The van der Waals surface area contributed by atoms with Gasteiger partial charge in [0.25, 0.3) is 0 Å². The van der Waals surface area contributed by atoms with E-state index in [9.17, 15) is 4.79 Å². The Morgan fingerprint density at radius 2 is 2.12 bits per heavy atom. The van der Waals surface area contributed by atoms with Crippen LogP contribution in [0.5, 0.6) is 0 Å². The van der Waals surface area contributed by atoms with Crippen LogP contribution in [0.1, 0.15) is 10.6 Å². The first-order valence-corrected chi connectivity index (χ1v) is 9.45. The standard InChI is InChI=1S/C17H15N5OS2/c1-11-15(25-17(19-11)14-7-4-8-24-14)9-18-16(23)10-22-13-6-3-2-5-12(13)20-21-22/h2-8H,9-10H2,1H3,(H,18,23). The lowest BCUT2D eigenvalue weighted by atomic mass is 10.3. The fourth-order valence-corrected chi connectivity index (χ4v) is 4.30.